The minimum absolute atomic E-state index is 0.111. The Morgan fingerprint density at radius 1 is 1.40 bits per heavy atom. The van der Waals surface area contributed by atoms with Gasteiger partial charge >= 0.3 is 0 Å². The standard InChI is InChI=1S/C17H16Cl2N2O4/c1-8(22)14-5-10-9(3-4-13(24-2)16(10)25-14)17(23)21-15-11(18)6-20-7-12(15)19/h3-4,6-7,11,14-15H,5H2,1-2H3,(H,21,23). The number of nitrogens with zero attached hydrogens (tertiary/aromatic N) is 1. The van der Waals surface area contributed by atoms with E-state index in [1.54, 1.807) is 12.1 Å². The number of rotatable bonds is 4. The number of hydrogen-bond donors (Lipinski definition) is 1. The number of carbonyl (C=O) groups excluding carboxylic acids is 2. The molecule has 0 bridgehead atoms. The molecule has 3 atom stereocenters. The number of amides is 1. The van der Waals surface area contributed by atoms with Gasteiger partial charge in [0.05, 0.1) is 23.6 Å². The molecular formula is C17H16Cl2N2O4. The first-order valence-electron chi connectivity index (χ1n) is 7.63. The van der Waals surface area contributed by atoms with E-state index < -0.39 is 17.5 Å². The van der Waals surface area contributed by atoms with Crippen molar-refractivity contribution in [2.75, 3.05) is 7.11 Å². The maximum absolute atomic E-state index is 12.8. The van der Waals surface area contributed by atoms with Crippen molar-refractivity contribution in [3.05, 3.63) is 34.5 Å². The lowest BCUT2D eigenvalue weighted by Crippen LogP contribution is -2.43. The van der Waals surface area contributed by atoms with Crippen LogP contribution < -0.4 is 14.8 Å². The Balaban J connectivity index is 1.90. The summed E-state index contributed by atoms with van der Waals surface area (Å²) in [6.07, 6.45) is 2.64. The van der Waals surface area contributed by atoms with Gasteiger partial charge in [0.2, 0.25) is 0 Å². The molecule has 8 heteroatoms. The molecule has 25 heavy (non-hydrogen) atoms. The maximum Gasteiger partial charge on any atom is 0.252 e. The van der Waals surface area contributed by atoms with Crippen molar-refractivity contribution in [1.29, 1.82) is 0 Å². The predicted molar refractivity (Wildman–Crippen MR) is 95.1 cm³/mol. The number of Topliss-reactive ketones (excluding diaryl/α,β-unsaturated/α-hetero) is 1. The van der Waals surface area contributed by atoms with E-state index in [2.05, 4.69) is 10.3 Å². The third-order valence-corrected chi connectivity index (χ3v) is 4.82. The van der Waals surface area contributed by atoms with Crippen molar-refractivity contribution in [1.82, 2.24) is 5.32 Å². The van der Waals surface area contributed by atoms with E-state index >= 15 is 0 Å². The topological polar surface area (TPSA) is 77.0 Å². The van der Waals surface area contributed by atoms with E-state index in [1.807, 2.05) is 0 Å². The van der Waals surface area contributed by atoms with Crippen LogP contribution >= 0.6 is 23.2 Å². The molecule has 0 aliphatic carbocycles. The molecule has 2 aliphatic heterocycles. The van der Waals surface area contributed by atoms with Crippen molar-refractivity contribution >= 4 is 41.1 Å². The van der Waals surface area contributed by atoms with Crippen LogP contribution in [0.2, 0.25) is 0 Å². The van der Waals surface area contributed by atoms with Gasteiger partial charge in [0.15, 0.2) is 23.4 Å². The van der Waals surface area contributed by atoms with Gasteiger partial charge in [0.1, 0.15) is 0 Å². The number of ketones is 1. The van der Waals surface area contributed by atoms with Gasteiger partial charge in [-0.15, -0.1) is 11.6 Å². The van der Waals surface area contributed by atoms with Gasteiger partial charge in [-0.25, -0.2) is 0 Å². The number of ether oxygens (including phenoxy) is 2. The molecule has 1 N–H and O–H groups in total. The van der Waals surface area contributed by atoms with Crippen LogP contribution in [0.4, 0.5) is 0 Å². The van der Waals surface area contributed by atoms with Crippen molar-refractivity contribution in [2.24, 2.45) is 4.99 Å². The zero-order chi connectivity index (χ0) is 18.1. The second-order valence-electron chi connectivity index (χ2n) is 5.75. The van der Waals surface area contributed by atoms with Gasteiger partial charge in [-0.3, -0.25) is 14.6 Å². The summed E-state index contributed by atoms with van der Waals surface area (Å²) in [6, 6.07) is 2.70. The summed E-state index contributed by atoms with van der Waals surface area (Å²) in [5, 5.41) is 2.60. The van der Waals surface area contributed by atoms with E-state index in [0.717, 1.165) is 0 Å². The largest absolute Gasteiger partial charge is 0.493 e. The summed E-state index contributed by atoms with van der Waals surface area (Å²) in [4.78, 5) is 28.3. The third-order valence-electron chi connectivity index (χ3n) is 4.12. The molecule has 0 fully saturated rings. The zero-order valence-corrected chi connectivity index (χ0v) is 15.1. The molecule has 1 aromatic carbocycles. The molecule has 0 spiro atoms. The fourth-order valence-corrected chi connectivity index (χ4v) is 3.37. The normalized spacial score (nSPS) is 24.2. The Kier molecular flexibility index (Phi) is 5.01. The summed E-state index contributed by atoms with van der Waals surface area (Å²) in [7, 11) is 1.50. The molecule has 132 valence electrons. The molecular weight excluding hydrogens is 367 g/mol. The summed E-state index contributed by atoms with van der Waals surface area (Å²) in [6.45, 7) is 1.45. The van der Waals surface area contributed by atoms with Gasteiger partial charge in [-0.2, -0.15) is 0 Å². The predicted octanol–water partition coefficient (Wildman–Crippen LogP) is 2.46. The van der Waals surface area contributed by atoms with E-state index in [9.17, 15) is 9.59 Å². The third kappa shape index (κ3) is 3.37. The van der Waals surface area contributed by atoms with Crippen LogP contribution in [0.15, 0.2) is 28.4 Å². The van der Waals surface area contributed by atoms with Crippen molar-refractivity contribution in [2.45, 2.75) is 30.9 Å². The van der Waals surface area contributed by atoms with Crippen LogP contribution in [0.1, 0.15) is 22.8 Å². The lowest BCUT2D eigenvalue weighted by atomic mass is 10.00. The molecule has 6 nitrogen and oxygen atoms in total. The highest BCUT2D eigenvalue weighted by Crippen LogP contribution is 2.40. The number of nitrogens with one attached hydrogen (secondary N) is 1. The number of halogens is 2. The monoisotopic (exact) mass is 382 g/mol. The van der Waals surface area contributed by atoms with Gasteiger partial charge in [-0.1, -0.05) is 11.6 Å². The van der Waals surface area contributed by atoms with Crippen LogP contribution in [0.5, 0.6) is 11.5 Å². The fraction of sp³-hybridized carbons (Fsp3) is 0.353. The summed E-state index contributed by atoms with van der Waals surface area (Å²) < 4.78 is 10.9. The quantitative estimate of drug-likeness (QED) is 0.811. The van der Waals surface area contributed by atoms with Crippen LogP contribution in [0, 0.1) is 0 Å². The molecule has 3 rings (SSSR count). The van der Waals surface area contributed by atoms with Crippen LogP contribution in [0.3, 0.4) is 0 Å². The lowest BCUT2D eigenvalue weighted by Gasteiger charge is -2.23. The van der Waals surface area contributed by atoms with Gasteiger partial charge in [0.25, 0.3) is 5.91 Å². The van der Waals surface area contributed by atoms with Crippen molar-refractivity contribution in [3.63, 3.8) is 0 Å². The van der Waals surface area contributed by atoms with Gasteiger partial charge < -0.3 is 14.8 Å². The second kappa shape index (κ2) is 7.06. The second-order valence-corrected chi connectivity index (χ2v) is 6.69. The molecule has 1 aromatic rings. The Morgan fingerprint density at radius 3 is 2.80 bits per heavy atom. The Bertz CT molecular complexity index is 791. The van der Waals surface area contributed by atoms with E-state index in [-0.39, 0.29) is 11.7 Å². The molecule has 2 aliphatic rings. The van der Waals surface area contributed by atoms with E-state index in [1.165, 1.54) is 26.4 Å². The summed E-state index contributed by atoms with van der Waals surface area (Å²) in [5.41, 5.74) is 1.03. The number of aliphatic imine (C=N–C) groups is 1. The fourth-order valence-electron chi connectivity index (χ4n) is 2.79. The summed E-state index contributed by atoms with van der Waals surface area (Å²) >= 11 is 12.3. The summed E-state index contributed by atoms with van der Waals surface area (Å²) in [5.74, 6) is 0.432. The minimum atomic E-state index is -0.621. The highest BCUT2D eigenvalue weighted by atomic mass is 35.5. The Labute approximate surface area is 154 Å². The molecule has 3 unspecified atom stereocenters. The number of alkyl halides is 1. The first kappa shape index (κ1) is 17.8. The first-order valence-corrected chi connectivity index (χ1v) is 8.44. The molecule has 1 amide bonds. The molecule has 0 saturated carbocycles. The first-order chi connectivity index (χ1) is 11.9. The molecule has 0 radical (unpaired) electrons. The molecule has 0 saturated heterocycles. The van der Waals surface area contributed by atoms with Crippen LogP contribution in [0.25, 0.3) is 0 Å². The average molecular weight is 383 g/mol. The van der Waals surface area contributed by atoms with E-state index in [0.29, 0.717) is 34.1 Å². The lowest BCUT2D eigenvalue weighted by molar-refractivity contribution is -0.122. The highest BCUT2D eigenvalue weighted by Gasteiger charge is 2.34. The smallest absolute Gasteiger partial charge is 0.252 e. The van der Waals surface area contributed by atoms with Crippen molar-refractivity contribution < 1.29 is 19.1 Å². The molecule has 2 heterocycles. The molecule has 0 aromatic heterocycles. The number of carbonyl (C=O) groups is 2. The zero-order valence-electron chi connectivity index (χ0n) is 13.6. The minimum Gasteiger partial charge on any atom is -0.493 e. The highest BCUT2D eigenvalue weighted by molar-refractivity contribution is 6.35. The maximum atomic E-state index is 12.8. The van der Waals surface area contributed by atoms with Gasteiger partial charge in [0, 0.05) is 30.0 Å². The SMILES string of the molecule is COc1ccc(C(=O)NC2C(Cl)=CN=CC2Cl)c2c1OC(C(C)=O)C2. The number of fused-ring (bicyclic) bond motifs is 1. The van der Waals surface area contributed by atoms with Crippen LogP contribution in [-0.4, -0.2) is 42.5 Å². The number of benzene rings is 1. The Morgan fingerprint density at radius 2 is 2.16 bits per heavy atom. The average Bonchev–Trinajstić information content (AvgIpc) is 3.02. The van der Waals surface area contributed by atoms with Crippen LogP contribution in [-0.2, 0) is 11.2 Å². The Hall–Kier alpha value is -2.05. The van der Waals surface area contributed by atoms with Gasteiger partial charge in [-0.05, 0) is 19.1 Å². The van der Waals surface area contributed by atoms with E-state index in [4.69, 9.17) is 32.7 Å². The number of methoxy groups -OCH3 is 1. The number of hydrogen-bond acceptors (Lipinski definition) is 5. The van der Waals surface area contributed by atoms with Crippen molar-refractivity contribution in [3.8, 4) is 11.5 Å².